The lowest BCUT2D eigenvalue weighted by atomic mass is 10.0. The van der Waals surface area contributed by atoms with Crippen molar-refractivity contribution in [3.63, 3.8) is 0 Å². The molecule has 48 heavy (non-hydrogen) atoms. The van der Waals surface area contributed by atoms with Gasteiger partial charge in [0, 0.05) is 18.0 Å². The standard InChI is InChI=1S/C38H41F3N2O5/c39-38(40,41)20-24-46-34-18-14-30(15-19-34)36(29-10-4-3-5-11-29)48-35-16-12-28(13-17-35)9-8-22-45-21-6-1-2-7-23-47-37(44)31-25-32(42)27-33(43)26-31/h3-5,8-19,25-27,36H,1-2,6-7,20-24,42-43H2/b9-8+. The van der Waals surface area contributed by atoms with Gasteiger partial charge in [-0.1, -0.05) is 73.2 Å². The Kier molecular flexibility index (Phi) is 13.8. The maximum Gasteiger partial charge on any atom is 0.392 e. The van der Waals surface area contributed by atoms with Crippen LogP contribution in [0.25, 0.3) is 6.08 Å². The maximum atomic E-state index is 12.5. The van der Waals surface area contributed by atoms with Crippen LogP contribution in [0.3, 0.4) is 0 Å². The summed E-state index contributed by atoms with van der Waals surface area (Å²) in [5, 5.41) is 0. The minimum atomic E-state index is -4.26. The molecule has 0 spiro atoms. The molecule has 0 aromatic heterocycles. The van der Waals surface area contributed by atoms with Gasteiger partial charge in [-0.3, -0.25) is 0 Å². The smallest absolute Gasteiger partial charge is 0.392 e. The maximum absolute atomic E-state index is 12.5. The van der Waals surface area contributed by atoms with Crippen LogP contribution in [0.2, 0.25) is 0 Å². The molecule has 0 radical (unpaired) electrons. The van der Waals surface area contributed by atoms with Crippen molar-refractivity contribution in [1.82, 2.24) is 0 Å². The number of halogens is 3. The molecule has 4 rings (SSSR count). The second-order valence-corrected chi connectivity index (χ2v) is 11.2. The first-order valence-electron chi connectivity index (χ1n) is 15.8. The van der Waals surface area contributed by atoms with Crippen LogP contribution in [0.1, 0.15) is 65.3 Å². The Balaban J connectivity index is 1.15. The number of alkyl halides is 3. The summed E-state index contributed by atoms with van der Waals surface area (Å²) in [6.07, 6.45) is 1.84. The third-order valence-corrected chi connectivity index (χ3v) is 7.23. The summed E-state index contributed by atoms with van der Waals surface area (Å²) in [6, 6.07) is 29.0. The highest BCUT2D eigenvalue weighted by molar-refractivity contribution is 5.91. The first-order chi connectivity index (χ1) is 23.2. The molecule has 10 heteroatoms. The van der Waals surface area contributed by atoms with Crippen LogP contribution in [0.5, 0.6) is 11.5 Å². The number of hydrogen-bond acceptors (Lipinski definition) is 7. The largest absolute Gasteiger partial charge is 0.493 e. The minimum Gasteiger partial charge on any atom is -0.493 e. The van der Waals surface area contributed by atoms with Crippen molar-refractivity contribution in [3.8, 4) is 11.5 Å². The predicted octanol–water partition coefficient (Wildman–Crippen LogP) is 8.80. The van der Waals surface area contributed by atoms with Crippen molar-refractivity contribution in [3.05, 3.63) is 125 Å². The lowest BCUT2D eigenvalue weighted by Crippen LogP contribution is -2.13. The SMILES string of the molecule is Nc1cc(N)cc(C(=O)OCCCCCCOC/C=C/c2ccc(OC(c3ccccc3)c3ccc(OCCC(F)(F)F)cc3)cc2)c1. The Morgan fingerprint density at radius 1 is 0.729 bits per heavy atom. The molecule has 0 saturated carbocycles. The molecule has 4 aromatic carbocycles. The number of carbonyl (C=O) groups is 1. The number of esters is 1. The number of benzene rings is 4. The Hall–Kier alpha value is -4.96. The van der Waals surface area contributed by atoms with E-state index in [9.17, 15) is 18.0 Å². The van der Waals surface area contributed by atoms with Gasteiger partial charge in [0.2, 0.25) is 0 Å². The van der Waals surface area contributed by atoms with E-state index in [4.69, 9.17) is 30.4 Å². The molecule has 254 valence electrons. The monoisotopic (exact) mass is 662 g/mol. The number of hydrogen-bond donors (Lipinski definition) is 2. The van der Waals surface area contributed by atoms with Gasteiger partial charge in [0.25, 0.3) is 0 Å². The molecular weight excluding hydrogens is 621 g/mol. The highest BCUT2D eigenvalue weighted by Crippen LogP contribution is 2.30. The number of nitrogens with two attached hydrogens (primary N) is 2. The molecule has 0 saturated heterocycles. The molecule has 0 amide bonds. The second kappa shape index (κ2) is 18.4. The molecule has 4 N–H and O–H groups in total. The average Bonchev–Trinajstić information content (AvgIpc) is 3.06. The van der Waals surface area contributed by atoms with Gasteiger partial charge < -0.3 is 30.4 Å². The lowest BCUT2D eigenvalue weighted by molar-refractivity contribution is -0.139. The summed E-state index contributed by atoms with van der Waals surface area (Å²) in [6.45, 7) is 1.04. The van der Waals surface area contributed by atoms with Crippen molar-refractivity contribution < 1.29 is 36.9 Å². The normalized spacial score (nSPS) is 12.1. The van der Waals surface area contributed by atoms with Gasteiger partial charge >= 0.3 is 12.1 Å². The summed E-state index contributed by atoms with van der Waals surface area (Å²) in [4.78, 5) is 12.1. The van der Waals surface area contributed by atoms with Gasteiger partial charge in [-0.25, -0.2) is 4.79 Å². The Labute approximate surface area is 279 Å². The van der Waals surface area contributed by atoms with Gasteiger partial charge in [0.1, 0.15) is 17.6 Å². The quantitative estimate of drug-likeness (QED) is 0.0623. The topological polar surface area (TPSA) is 106 Å². The van der Waals surface area contributed by atoms with Gasteiger partial charge in [-0.05, 0) is 78.4 Å². The molecule has 4 aromatic rings. The second-order valence-electron chi connectivity index (χ2n) is 11.2. The van der Waals surface area contributed by atoms with E-state index in [0.29, 0.717) is 48.3 Å². The minimum absolute atomic E-state index is 0.341. The third kappa shape index (κ3) is 12.7. The van der Waals surface area contributed by atoms with Crippen LogP contribution in [0.4, 0.5) is 24.5 Å². The molecule has 0 aliphatic heterocycles. The van der Waals surface area contributed by atoms with E-state index in [2.05, 4.69) is 0 Å². The Morgan fingerprint density at radius 2 is 1.35 bits per heavy atom. The molecule has 0 fully saturated rings. The van der Waals surface area contributed by atoms with E-state index < -0.39 is 31.3 Å². The summed E-state index contributed by atoms with van der Waals surface area (Å²) in [7, 11) is 0. The fourth-order valence-electron chi connectivity index (χ4n) is 4.81. The van der Waals surface area contributed by atoms with Crippen LogP contribution >= 0.6 is 0 Å². The number of nitrogen functional groups attached to an aromatic ring is 2. The first kappa shape index (κ1) is 35.9. The molecule has 7 nitrogen and oxygen atoms in total. The van der Waals surface area contributed by atoms with E-state index in [1.807, 2.05) is 66.7 Å². The highest BCUT2D eigenvalue weighted by atomic mass is 19.4. The fourth-order valence-corrected chi connectivity index (χ4v) is 4.81. The van der Waals surface area contributed by atoms with Gasteiger partial charge in [0.15, 0.2) is 0 Å². The van der Waals surface area contributed by atoms with Crippen molar-refractivity contribution in [1.29, 1.82) is 0 Å². The predicted molar refractivity (Wildman–Crippen MR) is 182 cm³/mol. The summed E-state index contributed by atoms with van der Waals surface area (Å²) in [5.41, 5.74) is 15.4. The molecule has 1 unspecified atom stereocenters. The number of ether oxygens (including phenoxy) is 4. The summed E-state index contributed by atoms with van der Waals surface area (Å²) >= 11 is 0. The Bertz CT molecular complexity index is 1560. The fraction of sp³-hybridized carbons (Fsp3) is 0.289. The van der Waals surface area contributed by atoms with Crippen molar-refractivity contribution in [2.75, 3.05) is 37.9 Å². The van der Waals surface area contributed by atoms with E-state index in [-0.39, 0.29) is 0 Å². The molecule has 0 heterocycles. The van der Waals surface area contributed by atoms with Gasteiger partial charge in [-0.15, -0.1) is 0 Å². The highest BCUT2D eigenvalue weighted by Gasteiger charge is 2.27. The number of anilines is 2. The average molecular weight is 663 g/mol. The Morgan fingerprint density at radius 3 is 2.02 bits per heavy atom. The number of carbonyl (C=O) groups excluding carboxylic acids is 1. The number of rotatable bonds is 18. The van der Waals surface area contributed by atoms with E-state index >= 15 is 0 Å². The molecule has 0 bridgehead atoms. The van der Waals surface area contributed by atoms with Gasteiger partial charge in [0.05, 0.1) is 31.8 Å². The number of unbranched alkanes of at least 4 members (excludes halogenated alkanes) is 3. The van der Waals surface area contributed by atoms with E-state index in [1.54, 1.807) is 42.5 Å². The van der Waals surface area contributed by atoms with Crippen LogP contribution in [-0.2, 0) is 9.47 Å². The molecule has 0 aliphatic carbocycles. The molecule has 1 atom stereocenters. The van der Waals surface area contributed by atoms with Crippen LogP contribution in [0.15, 0.2) is 103 Å². The van der Waals surface area contributed by atoms with E-state index in [0.717, 1.165) is 42.4 Å². The summed E-state index contributed by atoms with van der Waals surface area (Å²) in [5.74, 6) is 0.615. The van der Waals surface area contributed by atoms with Crippen LogP contribution < -0.4 is 20.9 Å². The molecule has 0 aliphatic rings. The zero-order valence-corrected chi connectivity index (χ0v) is 26.7. The van der Waals surface area contributed by atoms with Crippen LogP contribution in [-0.4, -0.2) is 38.6 Å². The first-order valence-corrected chi connectivity index (χ1v) is 15.8. The van der Waals surface area contributed by atoms with Gasteiger partial charge in [-0.2, -0.15) is 13.2 Å². The van der Waals surface area contributed by atoms with Crippen molar-refractivity contribution in [2.24, 2.45) is 0 Å². The van der Waals surface area contributed by atoms with Crippen LogP contribution in [0, 0.1) is 0 Å². The third-order valence-electron chi connectivity index (χ3n) is 7.23. The molecular formula is C38H41F3N2O5. The zero-order chi connectivity index (χ0) is 34.2. The summed E-state index contributed by atoms with van der Waals surface area (Å²) < 4.78 is 60.0. The van der Waals surface area contributed by atoms with Crippen molar-refractivity contribution in [2.45, 2.75) is 44.4 Å². The lowest BCUT2D eigenvalue weighted by Gasteiger charge is -2.21. The zero-order valence-electron chi connectivity index (χ0n) is 26.7. The van der Waals surface area contributed by atoms with Crippen molar-refractivity contribution >= 4 is 23.4 Å². The van der Waals surface area contributed by atoms with E-state index in [1.165, 1.54) is 0 Å².